The van der Waals surface area contributed by atoms with Crippen molar-refractivity contribution in [3.05, 3.63) is 33.8 Å². The van der Waals surface area contributed by atoms with E-state index in [-0.39, 0.29) is 5.97 Å². The fourth-order valence-electron chi connectivity index (χ4n) is 1.49. The Morgan fingerprint density at radius 1 is 1.38 bits per heavy atom. The van der Waals surface area contributed by atoms with Crippen LogP contribution in [0.5, 0.6) is 0 Å². The summed E-state index contributed by atoms with van der Waals surface area (Å²) in [5.74, 6) is -0.251. The van der Waals surface area contributed by atoms with Crippen molar-refractivity contribution in [1.82, 2.24) is 0 Å². The van der Waals surface area contributed by atoms with Gasteiger partial charge in [-0.15, -0.1) is 0 Å². The summed E-state index contributed by atoms with van der Waals surface area (Å²) in [6.07, 6.45) is 0.523. The van der Waals surface area contributed by atoms with E-state index in [9.17, 15) is 4.79 Å². The quantitative estimate of drug-likeness (QED) is 0.775. The van der Waals surface area contributed by atoms with Crippen molar-refractivity contribution in [3.63, 3.8) is 0 Å². The summed E-state index contributed by atoms with van der Waals surface area (Å²) < 4.78 is 4.74. The van der Waals surface area contributed by atoms with Crippen molar-refractivity contribution in [1.29, 1.82) is 0 Å². The largest absolute Gasteiger partial charge is 0.469 e. The van der Waals surface area contributed by atoms with Crippen LogP contribution in [0.25, 0.3) is 0 Å². The second-order valence-corrected chi connectivity index (χ2v) is 5.13. The number of ether oxygens (including phenoxy) is 1. The van der Waals surface area contributed by atoms with E-state index in [1.54, 1.807) is 12.1 Å². The van der Waals surface area contributed by atoms with Gasteiger partial charge in [0.05, 0.1) is 12.5 Å². The molecular formula is C12H14Cl2O2. The van der Waals surface area contributed by atoms with Gasteiger partial charge in [0.15, 0.2) is 0 Å². The summed E-state index contributed by atoms with van der Waals surface area (Å²) in [5.41, 5.74) is 0.299. The number of rotatable bonds is 3. The predicted octanol–water partition coefficient (Wildman–Crippen LogP) is 3.74. The molecule has 0 aliphatic carbocycles. The summed E-state index contributed by atoms with van der Waals surface area (Å²) in [5, 5.41) is 1.16. The third-order valence-corrected chi connectivity index (χ3v) is 2.97. The fraction of sp³-hybridized carbons (Fsp3) is 0.417. The highest BCUT2D eigenvalue weighted by atomic mass is 35.5. The third kappa shape index (κ3) is 3.13. The molecule has 0 unspecified atom stereocenters. The third-order valence-electron chi connectivity index (χ3n) is 2.39. The van der Waals surface area contributed by atoms with Gasteiger partial charge in [0, 0.05) is 10.0 Å². The molecule has 0 aromatic heterocycles. The highest BCUT2D eigenvalue weighted by Crippen LogP contribution is 2.29. The highest BCUT2D eigenvalue weighted by Gasteiger charge is 2.29. The van der Waals surface area contributed by atoms with Crippen LogP contribution in [-0.4, -0.2) is 13.1 Å². The van der Waals surface area contributed by atoms with Crippen LogP contribution in [0, 0.1) is 5.41 Å². The molecule has 1 aromatic carbocycles. The van der Waals surface area contributed by atoms with Gasteiger partial charge in [0.1, 0.15) is 0 Å². The van der Waals surface area contributed by atoms with E-state index < -0.39 is 5.41 Å². The molecule has 16 heavy (non-hydrogen) atoms. The maximum atomic E-state index is 11.5. The van der Waals surface area contributed by atoms with E-state index in [2.05, 4.69) is 0 Å². The molecule has 0 heterocycles. The van der Waals surface area contributed by atoms with E-state index in [1.807, 2.05) is 19.9 Å². The van der Waals surface area contributed by atoms with Crippen LogP contribution in [0.2, 0.25) is 10.0 Å². The lowest BCUT2D eigenvalue weighted by Crippen LogP contribution is -2.28. The zero-order valence-electron chi connectivity index (χ0n) is 9.51. The van der Waals surface area contributed by atoms with Crippen LogP contribution in [0.4, 0.5) is 0 Å². The summed E-state index contributed by atoms with van der Waals surface area (Å²) in [6.45, 7) is 3.65. The summed E-state index contributed by atoms with van der Waals surface area (Å²) in [4.78, 5) is 11.5. The van der Waals surface area contributed by atoms with Crippen molar-refractivity contribution < 1.29 is 9.53 Å². The Labute approximate surface area is 106 Å². The van der Waals surface area contributed by atoms with Crippen molar-refractivity contribution in [2.45, 2.75) is 20.3 Å². The number of benzene rings is 1. The maximum Gasteiger partial charge on any atom is 0.311 e. The fourth-order valence-corrected chi connectivity index (χ4v) is 1.96. The maximum absolute atomic E-state index is 11.5. The van der Waals surface area contributed by atoms with Gasteiger partial charge in [-0.25, -0.2) is 0 Å². The highest BCUT2D eigenvalue weighted by molar-refractivity contribution is 6.35. The first kappa shape index (κ1) is 13.3. The zero-order valence-corrected chi connectivity index (χ0v) is 11.0. The molecule has 1 rings (SSSR count). The molecule has 0 N–H and O–H groups in total. The van der Waals surface area contributed by atoms with Gasteiger partial charge in [-0.2, -0.15) is 0 Å². The number of carbonyl (C=O) groups is 1. The molecule has 4 heteroatoms. The number of hydrogen-bond donors (Lipinski definition) is 0. The number of carbonyl (C=O) groups excluding carboxylic acids is 1. The molecule has 0 atom stereocenters. The Kier molecular flexibility index (Phi) is 4.22. The van der Waals surface area contributed by atoms with Gasteiger partial charge in [0.2, 0.25) is 0 Å². The Balaban J connectivity index is 2.92. The van der Waals surface area contributed by atoms with E-state index in [1.165, 1.54) is 7.11 Å². The minimum absolute atomic E-state index is 0.251. The van der Waals surface area contributed by atoms with E-state index >= 15 is 0 Å². The van der Waals surface area contributed by atoms with Crippen LogP contribution in [-0.2, 0) is 16.0 Å². The molecule has 0 radical (unpaired) electrons. The smallest absolute Gasteiger partial charge is 0.311 e. The molecule has 0 aliphatic heterocycles. The Morgan fingerprint density at radius 2 is 2.00 bits per heavy atom. The zero-order chi connectivity index (χ0) is 12.3. The lowest BCUT2D eigenvalue weighted by atomic mass is 9.86. The minimum atomic E-state index is -0.591. The van der Waals surface area contributed by atoms with Crippen LogP contribution >= 0.6 is 23.2 Å². The monoisotopic (exact) mass is 260 g/mol. The lowest BCUT2D eigenvalue weighted by Gasteiger charge is -2.21. The Hall–Kier alpha value is -0.730. The average Bonchev–Trinajstić information content (AvgIpc) is 2.21. The molecule has 0 bridgehead atoms. The van der Waals surface area contributed by atoms with Gasteiger partial charge in [-0.3, -0.25) is 4.79 Å². The van der Waals surface area contributed by atoms with Crippen LogP contribution in [0.1, 0.15) is 19.4 Å². The number of halogens is 2. The first-order valence-electron chi connectivity index (χ1n) is 4.89. The Morgan fingerprint density at radius 3 is 2.50 bits per heavy atom. The summed E-state index contributed by atoms with van der Waals surface area (Å²) in [6, 6.07) is 5.26. The molecule has 2 nitrogen and oxygen atoms in total. The second kappa shape index (κ2) is 5.07. The first-order valence-corrected chi connectivity index (χ1v) is 5.65. The van der Waals surface area contributed by atoms with Crippen LogP contribution < -0.4 is 0 Å². The van der Waals surface area contributed by atoms with Crippen molar-refractivity contribution in [2.75, 3.05) is 7.11 Å². The number of methoxy groups -OCH3 is 1. The van der Waals surface area contributed by atoms with Gasteiger partial charge in [-0.1, -0.05) is 29.3 Å². The minimum Gasteiger partial charge on any atom is -0.469 e. The lowest BCUT2D eigenvalue weighted by molar-refractivity contribution is -0.150. The summed E-state index contributed by atoms with van der Waals surface area (Å²) in [7, 11) is 1.38. The van der Waals surface area contributed by atoms with Gasteiger partial charge in [-0.05, 0) is 38.0 Å². The average molecular weight is 261 g/mol. The normalized spacial score (nSPS) is 11.3. The number of hydrogen-bond acceptors (Lipinski definition) is 2. The molecule has 0 saturated heterocycles. The van der Waals surface area contributed by atoms with E-state index in [0.717, 1.165) is 5.56 Å². The van der Waals surface area contributed by atoms with Gasteiger partial charge in [0.25, 0.3) is 0 Å². The molecule has 0 amide bonds. The molecule has 88 valence electrons. The van der Waals surface area contributed by atoms with Gasteiger partial charge < -0.3 is 4.74 Å². The molecule has 0 spiro atoms. The first-order chi connectivity index (χ1) is 7.36. The van der Waals surface area contributed by atoms with E-state index in [0.29, 0.717) is 16.5 Å². The predicted molar refractivity (Wildman–Crippen MR) is 66.0 cm³/mol. The standard InChI is InChI=1S/C12H14Cl2O2/c1-12(2,11(15)16-3)7-8-4-5-9(13)6-10(8)14/h4-6H,7H2,1-3H3. The van der Waals surface area contributed by atoms with E-state index in [4.69, 9.17) is 27.9 Å². The molecule has 0 aliphatic rings. The summed E-state index contributed by atoms with van der Waals surface area (Å²) >= 11 is 11.8. The SMILES string of the molecule is COC(=O)C(C)(C)Cc1ccc(Cl)cc1Cl. The van der Waals surface area contributed by atoms with Crippen molar-refractivity contribution in [3.8, 4) is 0 Å². The molecule has 0 saturated carbocycles. The van der Waals surface area contributed by atoms with Crippen LogP contribution in [0.15, 0.2) is 18.2 Å². The van der Waals surface area contributed by atoms with Gasteiger partial charge >= 0.3 is 5.97 Å². The second-order valence-electron chi connectivity index (χ2n) is 4.29. The topological polar surface area (TPSA) is 26.3 Å². The number of esters is 1. The van der Waals surface area contributed by atoms with Crippen LogP contribution in [0.3, 0.4) is 0 Å². The Bertz CT molecular complexity index is 400. The molecule has 1 aromatic rings. The molecular weight excluding hydrogens is 247 g/mol. The van der Waals surface area contributed by atoms with Crippen molar-refractivity contribution >= 4 is 29.2 Å². The van der Waals surface area contributed by atoms with Crippen molar-refractivity contribution in [2.24, 2.45) is 5.41 Å². The molecule has 0 fully saturated rings.